The van der Waals surface area contributed by atoms with Crippen molar-refractivity contribution in [3.05, 3.63) is 0 Å². The van der Waals surface area contributed by atoms with E-state index in [1.54, 1.807) is 0 Å². The Labute approximate surface area is 123 Å². The second kappa shape index (κ2) is 6.30. The molecule has 0 amide bonds. The maximum atomic E-state index is 11.7. The van der Waals surface area contributed by atoms with Gasteiger partial charge in [0.15, 0.2) is 0 Å². The smallest absolute Gasteiger partial charge is 0.150 e. The Balaban J connectivity index is 2.01. The van der Waals surface area contributed by atoms with Crippen molar-refractivity contribution in [2.75, 3.05) is 44.7 Å². The molecular formula is C14H29N3O2S. The number of sulfone groups is 1. The molecule has 0 aliphatic carbocycles. The van der Waals surface area contributed by atoms with E-state index in [1.165, 1.54) is 12.8 Å². The number of hydrogen-bond acceptors (Lipinski definition) is 5. The predicted octanol–water partition coefficient (Wildman–Crippen LogP) is 0.309. The Morgan fingerprint density at radius 1 is 1.25 bits per heavy atom. The minimum Gasteiger partial charge on any atom is -0.329 e. The second-order valence-electron chi connectivity index (χ2n) is 6.36. The highest BCUT2D eigenvalue weighted by atomic mass is 32.2. The molecule has 2 N–H and O–H groups in total. The largest absolute Gasteiger partial charge is 0.329 e. The number of nitrogens with zero attached hydrogens (tertiary/aromatic N) is 2. The highest BCUT2D eigenvalue weighted by Gasteiger charge is 2.42. The average Bonchev–Trinajstić information content (AvgIpc) is 2.47. The van der Waals surface area contributed by atoms with Gasteiger partial charge in [0.2, 0.25) is 0 Å². The Morgan fingerprint density at radius 3 is 2.25 bits per heavy atom. The van der Waals surface area contributed by atoms with E-state index in [0.717, 1.165) is 19.6 Å². The summed E-state index contributed by atoms with van der Waals surface area (Å²) in [6.45, 7) is 6.18. The zero-order valence-corrected chi connectivity index (χ0v) is 13.7. The van der Waals surface area contributed by atoms with E-state index in [1.807, 2.05) is 0 Å². The summed E-state index contributed by atoms with van der Waals surface area (Å²) < 4.78 is 23.3. The summed E-state index contributed by atoms with van der Waals surface area (Å²) in [4.78, 5) is 4.89. The lowest BCUT2D eigenvalue weighted by Gasteiger charge is -2.49. The molecule has 0 aromatic heterocycles. The fourth-order valence-electron chi connectivity index (χ4n) is 3.63. The van der Waals surface area contributed by atoms with Crippen molar-refractivity contribution < 1.29 is 8.42 Å². The highest BCUT2D eigenvalue weighted by Crippen LogP contribution is 2.32. The van der Waals surface area contributed by atoms with E-state index < -0.39 is 9.84 Å². The maximum absolute atomic E-state index is 11.7. The van der Waals surface area contributed by atoms with E-state index in [-0.39, 0.29) is 5.54 Å². The molecular weight excluding hydrogens is 274 g/mol. The molecule has 118 valence electrons. The molecule has 0 aromatic carbocycles. The normalized spacial score (nSPS) is 27.8. The monoisotopic (exact) mass is 303 g/mol. The zero-order valence-electron chi connectivity index (χ0n) is 12.8. The number of hydrogen-bond donors (Lipinski definition) is 1. The van der Waals surface area contributed by atoms with Crippen LogP contribution in [0.3, 0.4) is 0 Å². The highest BCUT2D eigenvalue weighted by molar-refractivity contribution is 7.91. The summed E-state index contributed by atoms with van der Waals surface area (Å²) in [5, 5.41) is 0. The van der Waals surface area contributed by atoms with Gasteiger partial charge >= 0.3 is 0 Å². The molecule has 20 heavy (non-hydrogen) atoms. The van der Waals surface area contributed by atoms with Crippen molar-refractivity contribution in [3.8, 4) is 0 Å². The second-order valence-corrected chi connectivity index (χ2v) is 8.66. The van der Waals surface area contributed by atoms with Crippen LogP contribution in [0.2, 0.25) is 0 Å². The van der Waals surface area contributed by atoms with E-state index in [4.69, 9.17) is 5.73 Å². The lowest BCUT2D eigenvalue weighted by molar-refractivity contribution is 0.0329. The number of piperidine rings is 1. The molecule has 2 heterocycles. The molecule has 0 radical (unpaired) electrons. The van der Waals surface area contributed by atoms with Gasteiger partial charge in [0.05, 0.1) is 11.5 Å². The topological polar surface area (TPSA) is 66.6 Å². The van der Waals surface area contributed by atoms with Gasteiger partial charge in [-0.1, -0.05) is 6.92 Å². The predicted molar refractivity (Wildman–Crippen MR) is 82.6 cm³/mol. The Morgan fingerprint density at radius 2 is 1.80 bits per heavy atom. The van der Waals surface area contributed by atoms with Gasteiger partial charge in [0.25, 0.3) is 0 Å². The first-order chi connectivity index (χ1) is 9.42. The van der Waals surface area contributed by atoms with Gasteiger partial charge in [-0.3, -0.25) is 4.90 Å². The van der Waals surface area contributed by atoms with Crippen LogP contribution in [-0.2, 0) is 9.84 Å². The molecule has 0 aromatic rings. The van der Waals surface area contributed by atoms with Gasteiger partial charge in [0.1, 0.15) is 9.84 Å². The lowest BCUT2D eigenvalue weighted by Crippen LogP contribution is -2.60. The molecule has 0 spiro atoms. The van der Waals surface area contributed by atoms with Crippen molar-refractivity contribution >= 4 is 9.84 Å². The summed E-state index contributed by atoms with van der Waals surface area (Å²) in [6.07, 6.45) is 3.71. The standard InChI is InChI=1S/C14H29N3O2S/c1-3-17-8-4-13(5-9-17)16(2)14(12-15)6-10-20(18,19)11-7-14/h13H,3-12,15H2,1-2H3. The molecule has 0 saturated carbocycles. The lowest BCUT2D eigenvalue weighted by atomic mass is 9.87. The van der Waals surface area contributed by atoms with Crippen LogP contribution in [0.5, 0.6) is 0 Å². The third-order valence-corrected chi connectivity index (χ3v) is 7.09. The van der Waals surface area contributed by atoms with E-state index in [9.17, 15) is 8.42 Å². The van der Waals surface area contributed by atoms with E-state index >= 15 is 0 Å². The summed E-state index contributed by atoms with van der Waals surface area (Å²) in [5.74, 6) is 0.588. The quantitative estimate of drug-likeness (QED) is 0.809. The first-order valence-electron chi connectivity index (χ1n) is 7.78. The van der Waals surface area contributed by atoms with Gasteiger partial charge < -0.3 is 10.6 Å². The van der Waals surface area contributed by atoms with Crippen LogP contribution >= 0.6 is 0 Å². The van der Waals surface area contributed by atoms with Gasteiger partial charge in [0, 0.05) is 18.1 Å². The van der Waals surface area contributed by atoms with Gasteiger partial charge in [-0.05, 0) is 52.4 Å². The fraction of sp³-hybridized carbons (Fsp3) is 1.00. The third-order valence-electron chi connectivity index (χ3n) is 5.44. The molecule has 0 unspecified atom stereocenters. The van der Waals surface area contributed by atoms with Crippen LogP contribution in [-0.4, -0.2) is 74.5 Å². The molecule has 5 nitrogen and oxygen atoms in total. The minimum absolute atomic E-state index is 0.107. The van der Waals surface area contributed by atoms with Crippen molar-refractivity contribution in [1.82, 2.24) is 9.80 Å². The number of rotatable bonds is 4. The fourth-order valence-corrected chi connectivity index (χ4v) is 5.22. The molecule has 0 atom stereocenters. The first-order valence-corrected chi connectivity index (χ1v) is 9.60. The van der Waals surface area contributed by atoms with Crippen molar-refractivity contribution in [2.45, 2.75) is 44.2 Å². The van der Waals surface area contributed by atoms with Crippen LogP contribution in [0, 0.1) is 0 Å². The SMILES string of the molecule is CCN1CCC(N(C)C2(CN)CCS(=O)(=O)CC2)CC1. The maximum Gasteiger partial charge on any atom is 0.150 e. The van der Waals surface area contributed by atoms with Crippen LogP contribution in [0.4, 0.5) is 0 Å². The Hall–Kier alpha value is -0.170. The summed E-state index contributed by atoms with van der Waals surface area (Å²) >= 11 is 0. The number of likely N-dealkylation sites (N-methyl/N-ethyl adjacent to an activating group) is 1. The van der Waals surface area contributed by atoms with E-state index in [2.05, 4.69) is 23.8 Å². The molecule has 2 fully saturated rings. The molecule has 2 aliphatic rings. The van der Waals surface area contributed by atoms with Gasteiger partial charge in [-0.25, -0.2) is 8.42 Å². The van der Waals surface area contributed by atoms with Crippen LogP contribution in [0.25, 0.3) is 0 Å². The van der Waals surface area contributed by atoms with Gasteiger partial charge in [-0.15, -0.1) is 0 Å². The average molecular weight is 303 g/mol. The van der Waals surface area contributed by atoms with Crippen molar-refractivity contribution in [3.63, 3.8) is 0 Å². The van der Waals surface area contributed by atoms with Crippen molar-refractivity contribution in [2.24, 2.45) is 5.73 Å². The molecule has 6 heteroatoms. The summed E-state index contributed by atoms with van der Waals surface area (Å²) in [7, 11) is -0.681. The molecule has 2 saturated heterocycles. The Bertz CT molecular complexity index is 402. The number of likely N-dealkylation sites (tertiary alicyclic amines) is 1. The van der Waals surface area contributed by atoms with Crippen LogP contribution in [0.15, 0.2) is 0 Å². The molecule has 2 rings (SSSR count). The van der Waals surface area contributed by atoms with Crippen LogP contribution < -0.4 is 5.73 Å². The summed E-state index contributed by atoms with van der Waals surface area (Å²) in [6, 6.07) is 0.544. The van der Waals surface area contributed by atoms with E-state index in [0.29, 0.717) is 36.9 Å². The van der Waals surface area contributed by atoms with Crippen LogP contribution in [0.1, 0.15) is 32.6 Å². The first kappa shape index (κ1) is 16.2. The number of nitrogens with two attached hydrogens (primary N) is 1. The third kappa shape index (κ3) is 3.35. The zero-order chi connectivity index (χ0) is 14.8. The molecule has 0 bridgehead atoms. The summed E-state index contributed by atoms with van der Waals surface area (Å²) in [5.41, 5.74) is 5.93. The van der Waals surface area contributed by atoms with Crippen molar-refractivity contribution in [1.29, 1.82) is 0 Å². The minimum atomic E-state index is -2.83. The molecule has 2 aliphatic heterocycles. The Kier molecular flexibility index (Phi) is 5.10. The van der Waals surface area contributed by atoms with Gasteiger partial charge in [-0.2, -0.15) is 0 Å².